The molecule has 0 bridgehead atoms. The molecule has 0 aliphatic carbocycles. The molecule has 1 saturated heterocycles. The second kappa shape index (κ2) is 6.92. The number of fused-ring (bicyclic) bond motifs is 1. The molecule has 0 atom stereocenters. The van der Waals surface area contributed by atoms with Crippen LogP contribution in [0.5, 0.6) is 0 Å². The summed E-state index contributed by atoms with van der Waals surface area (Å²) in [7, 11) is 3.72. The van der Waals surface area contributed by atoms with Gasteiger partial charge in [0.25, 0.3) is 5.91 Å². The summed E-state index contributed by atoms with van der Waals surface area (Å²) < 4.78 is 1.66. The zero-order chi connectivity index (χ0) is 19.1. The minimum atomic E-state index is 0.0373. The van der Waals surface area contributed by atoms with Crippen LogP contribution in [0.1, 0.15) is 33.6 Å². The Hall–Kier alpha value is -2.48. The van der Waals surface area contributed by atoms with Crippen LogP contribution in [0.25, 0.3) is 10.2 Å². The van der Waals surface area contributed by atoms with E-state index in [1.54, 1.807) is 34.7 Å². The van der Waals surface area contributed by atoms with Crippen molar-refractivity contribution in [3.8, 4) is 0 Å². The fourth-order valence-corrected chi connectivity index (χ4v) is 4.76. The Morgan fingerprint density at radius 2 is 2.00 bits per heavy atom. The molecule has 142 valence electrons. The third-order valence-electron chi connectivity index (χ3n) is 5.53. The number of rotatable bonds is 3. The number of thiophene rings is 1. The Balaban J connectivity index is 1.49. The molecular weight excluding hydrogens is 360 g/mol. The normalized spacial score (nSPS) is 15.5. The van der Waals surface area contributed by atoms with Gasteiger partial charge in [0.05, 0.1) is 17.1 Å². The van der Waals surface area contributed by atoms with E-state index in [-0.39, 0.29) is 11.9 Å². The maximum Gasteiger partial charge on any atom is 0.257 e. The second-order valence-corrected chi connectivity index (χ2v) is 8.40. The first-order valence-electron chi connectivity index (χ1n) is 9.17. The number of anilines is 1. The van der Waals surface area contributed by atoms with Gasteiger partial charge >= 0.3 is 0 Å². The largest absolute Gasteiger partial charge is 0.356 e. The highest BCUT2D eigenvalue weighted by molar-refractivity contribution is 7.18. The Morgan fingerprint density at radius 1 is 1.26 bits per heavy atom. The Kier molecular flexibility index (Phi) is 4.59. The fraction of sp³-hybridized carbons (Fsp3) is 0.474. The van der Waals surface area contributed by atoms with E-state index in [0.717, 1.165) is 36.6 Å². The summed E-state index contributed by atoms with van der Waals surface area (Å²) in [6.45, 7) is 6.05. The smallest absolute Gasteiger partial charge is 0.257 e. The minimum absolute atomic E-state index is 0.0373. The van der Waals surface area contributed by atoms with Crippen molar-refractivity contribution >= 4 is 33.3 Å². The maximum absolute atomic E-state index is 12.7. The number of aryl methyl sites for hydroxylation is 3. The van der Waals surface area contributed by atoms with Crippen molar-refractivity contribution in [3.63, 3.8) is 0 Å². The third-order valence-corrected chi connectivity index (χ3v) is 6.64. The monoisotopic (exact) mass is 384 g/mol. The van der Waals surface area contributed by atoms with Gasteiger partial charge in [-0.1, -0.05) is 0 Å². The average molecular weight is 385 g/mol. The number of aromatic nitrogens is 4. The molecule has 0 saturated carbocycles. The molecule has 1 fully saturated rings. The van der Waals surface area contributed by atoms with Gasteiger partial charge in [0.1, 0.15) is 17.0 Å². The van der Waals surface area contributed by atoms with Gasteiger partial charge in [0.2, 0.25) is 0 Å². The second-order valence-electron chi connectivity index (χ2n) is 7.20. The van der Waals surface area contributed by atoms with Gasteiger partial charge in [-0.2, -0.15) is 5.10 Å². The molecule has 0 spiro atoms. The zero-order valence-electron chi connectivity index (χ0n) is 16.1. The number of nitrogens with zero attached hydrogens (tertiary/aromatic N) is 6. The molecule has 1 aliphatic heterocycles. The van der Waals surface area contributed by atoms with Gasteiger partial charge in [-0.05, 0) is 32.3 Å². The summed E-state index contributed by atoms with van der Waals surface area (Å²) in [5.41, 5.74) is 1.92. The first-order valence-corrected chi connectivity index (χ1v) is 9.99. The summed E-state index contributed by atoms with van der Waals surface area (Å²) in [5.74, 6) is 1.07. The van der Waals surface area contributed by atoms with Crippen LogP contribution in [0.2, 0.25) is 0 Å². The summed E-state index contributed by atoms with van der Waals surface area (Å²) >= 11 is 1.73. The first kappa shape index (κ1) is 17.9. The standard InChI is InChI=1S/C19H24N6OS/c1-12-13(2)27-18-16(12)17(20-11-21-18)25-7-5-15(6-8-25)24(4)19(26)14-9-22-23(3)10-14/h9-11,15H,5-8H2,1-4H3. The van der Waals surface area contributed by atoms with Crippen molar-refractivity contribution in [2.75, 3.05) is 25.0 Å². The Labute approximate surface area is 162 Å². The van der Waals surface area contributed by atoms with E-state index >= 15 is 0 Å². The summed E-state index contributed by atoms with van der Waals surface area (Å²) in [5, 5.41) is 5.28. The van der Waals surface area contributed by atoms with E-state index in [1.165, 1.54) is 15.8 Å². The summed E-state index contributed by atoms with van der Waals surface area (Å²) in [4.78, 5) is 28.3. The molecule has 1 aliphatic rings. The predicted octanol–water partition coefficient (Wildman–Crippen LogP) is 2.78. The lowest BCUT2D eigenvalue weighted by Gasteiger charge is -2.37. The minimum Gasteiger partial charge on any atom is -0.356 e. The van der Waals surface area contributed by atoms with E-state index in [0.29, 0.717) is 5.56 Å². The molecule has 3 aromatic heterocycles. The third kappa shape index (κ3) is 3.18. The highest BCUT2D eigenvalue weighted by Crippen LogP contribution is 2.35. The Morgan fingerprint density at radius 3 is 2.67 bits per heavy atom. The van der Waals surface area contributed by atoms with Gasteiger partial charge in [-0.3, -0.25) is 9.48 Å². The van der Waals surface area contributed by atoms with Crippen LogP contribution in [-0.2, 0) is 7.05 Å². The summed E-state index contributed by atoms with van der Waals surface area (Å²) in [6.07, 6.45) is 6.92. The molecule has 0 unspecified atom stereocenters. The number of hydrogen-bond acceptors (Lipinski definition) is 6. The highest BCUT2D eigenvalue weighted by Gasteiger charge is 2.28. The maximum atomic E-state index is 12.7. The van der Waals surface area contributed by atoms with E-state index in [9.17, 15) is 4.79 Å². The molecule has 0 N–H and O–H groups in total. The Bertz CT molecular complexity index is 985. The van der Waals surface area contributed by atoms with Crippen LogP contribution in [-0.4, -0.2) is 56.7 Å². The number of hydrogen-bond donors (Lipinski definition) is 0. The lowest BCUT2D eigenvalue weighted by Crippen LogP contribution is -2.45. The van der Waals surface area contributed by atoms with Crippen LogP contribution in [0, 0.1) is 13.8 Å². The quantitative estimate of drug-likeness (QED) is 0.695. The molecule has 3 aromatic rings. The zero-order valence-corrected chi connectivity index (χ0v) is 17.0. The van der Waals surface area contributed by atoms with Crippen molar-refractivity contribution in [1.29, 1.82) is 0 Å². The van der Waals surface area contributed by atoms with Crippen LogP contribution >= 0.6 is 11.3 Å². The molecule has 7 nitrogen and oxygen atoms in total. The number of carbonyl (C=O) groups is 1. The number of amides is 1. The molecule has 0 radical (unpaired) electrons. The van der Waals surface area contributed by atoms with E-state index in [1.807, 2.05) is 19.0 Å². The van der Waals surface area contributed by atoms with E-state index in [2.05, 4.69) is 33.8 Å². The SMILES string of the molecule is Cc1sc2ncnc(N3CCC(N(C)C(=O)c4cnn(C)c4)CC3)c2c1C. The van der Waals surface area contributed by atoms with Crippen molar-refractivity contribution in [2.45, 2.75) is 32.7 Å². The van der Waals surface area contributed by atoms with Crippen LogP contribution in [0.3, 0.4) is 0 Å². The highest BCUT2D eigenvalue weighted by atomic mass is 32.1. The average Bonchev–Trinajstić information content (AvgIpc) is 3.24. The lowest BCUT2D eigenvalue weighted by molar-refractivity contribution is 0.0709. The number of piperidine rings is 1. The molecule has 0 aromatic carbocycles. The van der Waals surface area contributed by atoms with Gasteiger partial charge in [-0.15, -0.1) is 11.3 Å². The fourth-order valence-electron chi connectivity index (χ4n) is 3.77. The van der Waals surface area contributed by atoms with Crippen LogP contribution in [0.4, 0.5) is 5.82 Å². The molecule has 27 heavy (non-hydrogen) atoms. The van der Waals surface area contributed by atoms with Gasteiger partial charge in [-0.25, -0.2) is 9.97 Å². The molecule has 1 amide bonds. The lowest BCUT2D eigenvalue weighted by atomic mass is 10.0. The van der Waals surface area contributed by atoms with Crippen molar-refractivity contribution in [3.05, 3.63) is 34.7 Å². The van der Waals surface area contributed by atoms with E-state index < -0.39 is 0 Å². The molecular formula is C19H24N6OS. The van der Waals surface area contributed by atoms with Crippen LogP contribution in [0.15, 0.2) is 18.7 Å². The molecule has 4 heterocycles. The topological polar surface area (TPSA) is 67.2 Å². The van der Waals surface area contributed by atoms with Crippen molar-refractivity contribution in [2.24, 2.45) is 7.05 Å². The molecule has 8 heteroatoms. The van der Waals surface area contributed by atoms with E-state index in [4.69, 9.17) is 0 Å². The van der Waals surface area contributed by atoms with Crippen molar-refractivity contribution < 1.29 is 4.79 Å². The molecule has 4 rings (SSSR count). The number of carbonyl (C=O) groups excluding carboxylic acids is 1. The van der Waals surface area contributed by atoms with Gasteiger partial charge < -0.3 is 9.80 Å². The van der Waals surface area contributed by atoms with Gasteiger partial charge in [0, 0.05) is 44.3 Å². The van der Waals surface area contributed by atoms with Crippen LogP contribution < -0.4 is 4.90 Å². The van der Waals surface area contributed by atoms with Crippen molar-refractivity contribution in [1.82, 2.24) is 24.6 Å². The summed E-state index contributed by atoms with van der Waals surface area (Å²) in [6, 6.07) is 0.233. The first-order chi connectivity index (χ1) is 13.0. The van der Waals surface area contributed by atoms with Gasteiger partial charge in [0.15, 0.2) is 0 Å². The predicted molar refractivity (Wildman–Crippen MR) is 107 cm³/mol.